The lowest BCUT2D eigenvalue weighted by atomic mass is 9.81. The maximum atomic E-state index is 11.1. The van der Waals surface area contributed by atoms with Gasteiger partial charge in [0, 0.05) is 12.0 Å². The molecule has 0 aromatic carbocycles. The summed E-state index contributed by atoms with van der Waals surface area (Å²) in [4.78, 5) is 11.1. The van der Waals surface area contributed by atoms with E-state index in [9.17, 15) is 4.79 Å². The molecule has 1 fully saturated rings. The van der Waals surface area contributed by atoms with Crippen molar-refractivity contribution in [2.24, 2.45) is 11.8 Å². The average Bonchev–Trinajstić information content (AvgIpc) is 2.04. The summed E-state index contributed by atoms with van der Waals surface area (Å²) in [5, 5.41) is 2.99. The molecular weight excluding hydrogens is 138 g/mol. The van der Waals surface area contributed by atoms with Crippen LogP contribution in [0, 0.1) is 11.8 Å². The summed E-state index contributed by atoms with van der Waals surface area (Å²) in [6.07, 6.45) is 0.699. The van der Waals surface area contributed by atoms with Gasteiger partial charge in [-0.25, -0.2) is 0 Å². The molecule has 2 nitrogen and oxygen atoms in total. The molecule has 1 heterocycles. The normalized spacial score (nSPS) is 29.2. The van der Waals surface area contributed by atoms with E-state index in [1.807, 2.05) is 0 Å². The van der Waals surface area contributed by atoms with Crippen LogP contribution in [0.25, 0.3) is 0 Å². The van der Waals surface area contributed by atoms with Gasteiger partial charge in [-0.05, 0) is 25.7 Å². The third kappa shape index (κ3) is 1.55. The van der Waals surface area contributed by atoms with Crippen LogP contribution in [0.1, 0.15) is 34.1 Å². The summed E-state index contributed by atoms with van der Waals surface area (Å²) < 4.78 is 0. The number of hydrogen-bond acceptors (Lipinski definition) is 1. The zero-order valence-corrected chi connectivity index (χ0v) is 7.77. The quantitative estimate of drug-likeness (QED) is 0.611. The van der Waals surface area contributed by atoms with Crippen LogP contribution in [0.4, 0.5) is 0 Å². The molecule has 0 unspecified atom stereocenters. The predicted molar refractivity (Wildman–Crippen MR) is 45.2 cm³/mol. The Balaban J connectivity index is 2.74. The summed E-state index contributed by atoms with van der Waals surface area (Å²) >= 11 is 0. The molecule has 0 radical (unpaired) electrons. The van der Waals surface area contributed by atoms with E-state index in [1.165, 1.54) is 0 Å². The fraction of sp³-hybridized carbons (Fsp3) is 0.889. The third-order valence-corrected chi connectivity index (χ3v) is 2.60. The van der Waals surface area contributed by atoms with Gasteiger partial charge in [0.25, 0.3) is 0 Å². The van der Waals surface area contributed by atoms with Gasteiger partial charge in [0.1, 0.15) is 0 Å². The highest BCUT2D eigenvalue weighted by Crippen LogP contribution is 2.32. The third-order valence-electron chi connectivity index (χ3n) is 2.60. The minimum atomic E-state index is 0.00521. The van der Waals surface area contributed by atoms with E-state index < -0.39 is 0 Å². The average molecular weight is 155 g/mol. The SMILES string of the molecule is CC(C)[C@H]1CC(=O)NC1(C)C. The highest BCUT2D eigenvalue weighted by atomic mass is 16.2. The zero-order valence-electron chi connectivity index (χ0n) is 7.77. The first kappa shape index (κ1) is 8.57. The largest absolute Gasteiger partial charge is 0.351 e. The lowest BCUT2D eigenvalue weighted by Crippen LogP contribution is -2.41. The molecule has 0 aromatic heterocycles. The molecule has 0 bridgehead atoms. The number of rotatable bonds is 1. The van der Waals surface area contributed by atoms with Crippen LogP contribution in [0.2, 0.25) is 0 Å². The number of amides is 1. The van der Waals surface area contributed by atoms with Gasteiger partial charge in [0.2, 0.25) is 5.91 Å². The summed E-state index contributed by atoms with van der Waals surface area (Å²) in [5.41, 5.74) is 0.00521. The molecule has 0 aliphatic carbocycles. The van der Waals surface area contributed by atoms with E-state index in [2.05, 4.69) is 33.0 Å². The molecular formula is C9H17NO. The lowest BCUT2D eigenvalue weighted by Gasteiger charge is -2.29. The van der Waals surface area contributed by atoms with Crippen molar-refractivity contribution in [1.29, 1.82) is 0 Å². The topological polar surface area (TPSA) is 29.1 Å². The van der Waals surface area contributed by atoms with Gasteiger partial charge < -0.3 is 5.32 Å². The fourth-order valence-electron chi connectivity index (χ4n) is 2.03. The molecule has 1 saturated heterocycles. The molecule has 1 N–H and O–H groups in total. The van der Waals surface area contributed by atoms with Crippen LogP contribution in [0.15, 0.2) is 0 Å². The van der Waals surface area contributed by atoms with Crippen molar-refractivity contribution in [3.63, 3.8) is 0 Å². The molecule has 1 rings (SSSR count). The Bertz CT molecular complexity index is 172. The van der Waals surface area contributed by atoms with Crippen molar-refractivity contribution in [2.45, 2.75) is 39.7 Å². The van der Waals surface area contributed by atoms with Crippen molar-refractivity contribution in [1.82, 2.24) is 5.32 Å². The van der Waals surface area contributed by atoms with Gasteiger partial charge in [0.05, 0.1) is 0 Å². The Morgan fingerprint density at radius 2 is 2.09 bits per heavy atom. The van der Waals surface area contributed by atoms with Crippen LogP contribution < -0.4 is 5.32 Å². The first-order valence-electron chi connectivity index (χ1n) is 4.24. The minimum Gasteiger partial charge on any atom is -0.351 e. The summed E-state index contributed by atoms with van der Waals surface area (Å²) in [7, 11) is 0. The summed E-state index contributed by atoms with van der Waals surface area (Å²) in [5.74, 6) is 1.28. The second-order valence-corrected chi connectivity index (χ2v) is 4.32. The molecule has 64 valence electrons. The fourth-order valence-corrected chi connectivity index (χ4v) is 2.03. The van der Waals surface area contributed by atoms with Gasteiger partial charge >= 0.3 is 0 Å². The van der Waals surface area contributed by atoms with Crippen LogP contribution >= 0.6 is 0 Å². The number of carbonyl (C=O) groups excluding carboxylic acids is 1. The summed E-state index contributed by atoms with van der Waals surface area (Å²) in [6.45, 7) is 8.55. The second kappa shape index (κ2) is 2.50. The van der Waals surface area contributed by atoms with Crippen LogP contribution in [0.5, 0.6) is 0 Å². The molecule has 2 heteroatoms. The van der Waals surface area contributed by atoms with Crippen molar-refractivity contribution in [3.8, 4) is 0 Å². The van der Waals surface area contributed by atoms with Gasteiger partial charge in [-0.1, -0.05) is 13.8 Å². The highest BCUT2D eigenvalue weighted by molar-refractivity contribution is 5.79. The second-order valence-electron chi connectivity index (χ2n) is 4.32. The van der Waals surface area contributed by atoms with E-state index in [1.54, 1.807) is 0 Å². The Kier molecular flexibility index (Phi) is 1.95. The van der Waals surface area contributed by atoms with Gasteiger partial charge in [-0.15, -0.1) is 0 Å². The highest BCUT2D eigenvalue weighted by Gasteiger charge is 2.40. The zero-order chi connectivity index (χ0) is 8.65. The van der Waals surface area contributed by atoms with E-state index in [-0.39, 0.29) is 11.4 Å². The van der Waals surface area contributed by atoms with Gasteiger partial charge in [0.15, 0.2) is 0 Å². The minimum absolute atomic E-state index is 0.00521. The Morgan fingerprint density at radius 1 is 1.55 bits per heavy atom. The molecule has 11 heavy (non-hydrogen) atoms. The maximum absolute atomic E-state index is 11.1. The van der Waals surface area contributed by atoms with Crippen LogP contribution in [-0.2, 0) is 4.79 Å². The molecule has 0 aromatic rings. The number of carbonyl (C=O) groups is 1. The van der Waals surface area contributed by atoms with Crippen LogP contribution in [-0.4, -0.2) is 11.4 Å². The molecule has 1 aliphatic heterocycles. The molecule has 0 saturated carbocycles. The standard InChI is InChI=1S/C9H17NO/c1-6(2)7-5-8(11)10-9(7,3)4/h6-7H,5H2,1-4H3,(H,10,11)/t7-/m1/s1. The van der Waals surface area contributed by atoms with E-state index in [0.29, 0.717) is 18.3 Å². The molecule has 1 amide bonds. The first-order valence-corrected chi connectivity index (χ1v) is 4.24. The maximum Gasteiger partial charge on any atom is 0.220 e. The monoisotopic (exact) mass is 155 g/mol. The van der Waals surface area contributed by atoms with Crippen molar-refractivity contribution in [3.05, 3.63) is 0 Å². The van der Waals surface area contributed by atoms with Crippen molar-refractivity contribution < 1.29 is 4.79 Å². The molecule has 0 spiro atoms. The van der Waals surface area contributed by atoms with Gasteiger partial charge in [-0.3, -0.25) is 4.79 Å². The first-order chi connectivity index (χ1) is 4.93. The molecule has 1 aliphatic rings. The van der Waals surface area contributed by atoms with Gasteiger partial charge in [-0.2, -0.15) is 0 Å². The lowest BCUT2D eigenvalue weighted by molar-refractivity contribution is -0.119. The summed E-state index contributed by atoms with van der Waals surface area (Å²) in [6, 6.07) is 0. The van der Waals surface area contributed by atoms with Crippen LogP contribution in [0.3, 0.4) is 0 Å². The smallest absolute Gasteiger partial charge is 0.220 e. The Labute approximate surface area is 68.4 Å². The predicted octanol–water partition coefficient (Wildman–Crippen LogP) is 1.56. The Morgan fingerprint density at radius 3 is 2.27 bits per heavy atom. The van der Waals surface area contributed by atoms with E-state index >= 15 is 0 Å². The van der Waals surface area contributed by atoms with Crippen molar-refractivity contribution in [2.75, 3.05) is 0 Å². The number of hydrogen-bond donors (Lipinski definition) is 1. The van der Waals surface area contributed by atoms with E-state index in [0.717, 1.165) is 0 Å². The Hall–Kier alpha value is -0.530. The molecule has 1 atom stereocenters. The van der Waals surface area contributed by atoms with E-state index in [4.69, 9.17) is 0 Å². The number of nitrogens with one attached hydrogen (secondary N) is 1. The van der Waals surface area contributed by atoms with Crippen molar-refractivity contribution >= 4 is 5.91 Å².